The van der Waals surface area contributed by atoms with Gasteiger partial charge < -0.3 is 5.32 Å². The normalized spacial score (nSPS) is 16.5. The molecule has 4 heteroatoms. The van der Waals surface area contributed by atoms with E-state index in [4.69, 9.17) is 11.6 Å². The minimum absolute atomic E-state index is 0.144. The standard InChI is InChI=1S/C15H19ClFNO/c16-15-4-2-13(17)9-12(15)10-14(19)3-1-11-5-7-18-8-6-11/h2,4,9,11,18H,1,3,5-8,10H2. The molecule has 1 heterocycles. The Hall–Kier alpha value is -0.930. The molecule has 1 aliphatic rings. The van der Waals surface area contributed by atoms with E-state index in [0.717, 1.165) is 32.4 Å². The molecular weight excluding hydrogens is 265 g/mol. The van der Waals surface area contributed by atoms with Gasteiger partial charge in [-0.3, -0.25) is 4.79 Å². The van der Waals surface area contributed by atoms with Crippen molar-refractivity contribution in [3.63, 3.8) is 0 Å². The number of rotatable bonds is 5. The minimum atomic E-state index is -0.342. The van der Waals surface area contributed by atoms with Gasteiger partial charge in [0, 0.05) is 17.9 Å². The van der Waals surface area contributed by atoms with E-state index in [0.29, 0.717) is 22.9 Å². The zero-order valence-corrected chi connectivity index (χ0v) is 11.7. The average molecular weight is 284 g/mol. The van der Waals surface area contributed by atoms with E-state index in [-0.39, 0.29) is 18.0 Å². The predicted molar refractivity (Wildman–Crippen MR) is 74.9 cm³/mol. The highest BCUT2D eigenvalue weighted by molar-refractivity contribution is 6.31. The second-order valence-electron chi connectivity index (χ2n) is 5.18. The summed E-state index contributed by atoms with van der Waals surface area (Å²) in [6.45, 7) is 2.10. The number of nitrogens with one attached hydrogen (secondary N) is 1. The van der Waals surface area contributed by atoms with Crippen LogP contribution in [0.5, 0.6) is 0 Å². The van der Waals surface area contributed by atoms with Crippen LogP contribution in [-0.4, -0.2) is 18.9 Å². The first-order valence-corrected chi connectivity index (χ1v) is 7.19. The molecule has 0 amide bonds. The van der Waals surface area contributed by atoms with Crippen molar-refractivity contribution in [3.05, 3.63) is 34.6 Å². The molecule has 0 radical (unpaired) electrons. The molecule has 19 heavy (non-hydrogen) atoms. The molecule has 2 nitrogen and oxygen atoms in total. The maximum absolute atomic E-state index is 13.1. The topological polar surface area (TPSA) is 29.1 Å². The minimum Gasteiger partial charge on any atom is -0.317 e. The Morgan fingerprint density at radius 1 is 1.37 bits per heavy atom. The highest BCUT2D eigenvalue weighted by Gasteiger charge is 2.15. The summed E-state index contributed by atoms with van der Waals surface area (Å²) in [7, 11) is 0. The fourth-order valence-electron chi connectivity index (χ4n) is 2.52. The highest BCUT2D eigenvalue weighted by Crippen LogP contribution is 2.21. The van der Waals surface area contributed by atoms with Crippen LogP contribution in [0.2, 0.25) is 5.02 Å². The Morgan fingerprint density at radius 3 is 2.84 bits per heavy atom. The lowest BCUT2D eigenvalue weighted by Crippen LogP contribution is -2.28. The lowest BCUT2D eigenvalue weighted by molar-refractivity contribution is -0.118. The summed E-state index contributed by atoms with van der Waals surface area (Å²) in [4.78, 5) is 11.9. The Labute approximate surface area is 118 Å². The van der Waals surface area contributed by atoms with Crippen molar-refractivity contribution < 1.29 is 9.18 Å². The summed E-state index contributed by atoms with van der Waals surface area (Å²) in [6.07, 6.45) is 4.04. The van der Waals surface area contributed by atoms with Crippen molar-refractivity contribution in [1.82, 2.24) is 5.32 Å². The number of carbonyl (C=O) groups excluding carboxylic acids is 1. The Bertz CT molecular complexity index is 444. The van der Waals surface area contributed by atoms with E-state index < -0.39 is 0 Å². The number of hydrogen-bond donors (Lipinski definition) is 1. The van der Waals surface area contributed by atoms with Crippen molar-refractivity contribution in [2.45, 2.75) is 32.1 Å². The quantitative estimate of drug-likeness (QED) is 0.898. The van der Waals surface area contributed by atoms with Crippen LogP contribution in [0.3, 0.4) is 0 Å². The molecule has 0 aliphatic carbocycles. The van der Waals surface area contributed by atoms with Gasteiger partial charge in [-0.25, -0.2) is 4.39 Å². The third-order valence-corrected chi connectivity index (χ3v) is 4.05. The number of ketones is 1. The second kappa shape index (κ2) is 7.01. The van der Waals surface area contributed by atoms with Gasteiger partial charge in [-0.05, 0) is 62.0 Å². The van der Waals surface area contributed by atoms with Gasteiger partial charge in [0.25, 0.3) is 0 Å². The molecule has 104 valence electrons. The molecule has 1 aromatic carbocycles. The van der Waals surface area contributed by atoms with E-state index in [1.54, 1.807) is 0 Å². The van der Waals surface area contributed by atoms with E-state index in [1.807, 2.05) is 0 Å². The van der Waals surface area contributed by atoms with Gasteiger partial charge in [0.15, 0.2) is 0 Å². The van der Waals surface area contributed by atoms with Gasteiger partial charge in [-0.1, -0.05) is 11.6 Å². The molecule has 0 saturated carbocycles. The zero-order chi connectivity index (χ0) is 13.7. The first-order valence-electron chi connectivity index (χ1n) is 6.81. The number of benzene rings is 1. The summed E-state index contributed by atoms with van der Waals surface area (Å²) in [5.74, 6) is 0.449. The van der Waals surface area contributed by atoms with Gasteiger partial charge >= 0.3 is 0 Å². The van der Waals surface area contributed by atoms with Crippen LogP contribution in [0.25, 0.3) is 0 Å². The first-order chi connectivity index (χ1) is 9.15. The van der Waals surface area contributed by atoms with Gasteiger partial charge in [-0.2, -0.15) is 0 Å². The molecule has 0 atom stereocenters. The fraction of sp³-hybridized carbons (Fsp3) is 0.533. The third-order valence-electron chi connectivity index (χ3n) is 3.69. The molecule has 1 fully saturated rings. The van der Waals surface area contributed by atoms with Crippen molar-refractivity contribution in [2.75, 3.05) is 13.1 Å². The maximum atomic E-state index is 13.1. The second-order valence-corrected chi connectivity index (χ2v) is 5.59. The van der Waals surface area contributed by atoms with Gasteiger partial charge in [0.05, 0.1) is 0 Å². The van der Waals surface area contributed by atoms with Crippen LogP contribution in [0.4, 0.5) is 4.39 Å². The van der Waals surface area contributed by atoms with Gasteiger partial charge in [0.2, 0.25) is 0 Å². The predicted octanol–water partition coefficient (Wildman–Crippen LogP) is 3.37. The first kappa shape index (κ1) is 14.5. The van der Waals surface area contributed by atoms with Gasteiger partial charge in [-0.15, -0.1) is 0 Å². The lowest BCUT2D eigenvalue weighted by atomic mass is 9.91. The molecule has 1 aromatic rings. The summed E-state index contributed by atoms with van der Waals surface area (Å²) in [6, 6.07) is 4.17. The van der Waals surface area contributed by atoms with E-state index in [1.165, 1.54) is 18.2 Å². The van der Waals surface area contributed by atoms with Crippen LogP contribution in [0.15, 0.2) is 18.2 Å². The number of carbonyl (C=O) groups is 1. The maximum Gasteiger partial charge on any atom is 0.137 e. The number of hydrogen-bond acceptors (Lipinski definition) is 2. The van der Waals surface area contributed by atoms with Crippen LogP contribution in [0, 0.1) is 11.7 Å². The van der Waals surface area contributed by atoms with E-state index >= 15 is 0 Å². The average Bonchev–Trinajstić information content (AvgIpc) is 2.42. The smallest absolute Gasteiger partial charge is 0.137 e. The molecule has 1 N–H and O–H groups in total. The number of halogens is 2. The molecular formula is C15H19ClFNO. The van der Waals surface area contributed by atoms with Crippen LogP contribution >= 0.6 is 11.6 Å². The monoisotopic (exact) mass is 283 g/mol. The highest BCUT2D eigenvalue weighted by atomic mass is 35.5. The zero-order valence-electron chi connectivity index (χ0n) is 10.9. The Morgan fingerprint density at radius 2 is 2.11 bits per heavy atom. The molecule has 0 aromatic heterocycles. The van der Waals surface area contributed by atoms with E-state index in [9.17, 15) is 9.18 Å². The summed E-state index contributed by atoms with van der Waals surface area (Å²) in [5, 5.41) is 3.78. The molecule has 0 spiro atoms. The molecule has 1 saturated heterocycles. The summed E-state index contributed by atoms with van der Waals surface area (Å²) >= 11 is 5.96. The number of piperidine rings is 1. The van der Waals surface area contributed by atoms with Crippen LogP contribution < -0.4 is 5.32 Å². The fourth-order valence-corrected chi connectivity index (χ4v) is 2.70. The van der Waals surface area contributed by atoms with Crippen molar-refractivity contribution in [1.29, 1.82) is 0 Å². The SMILES string of the molecule is O=C(CCC1CCNCC1)Cc1cc(F)ccc1Cl. The van der Waals surface area contributed by atoms with Crippen molar-refractivity contribution >= 4 is 17.4 Å². The van der Waals surface area contributed by atoms with Crippen molar-refractivity contribution in [2.24, 2.45) is 5.92 Å². The Balaban J connectivity index is 1.81. The van der Waals surface area contributed by atoms with Crippen LogP contribution in [-0.2, 0) is 11.2 Å². The van der Waals surface area contributed by atoms with Crippen molar-refractivity contribution in [3.8, 4) is 0 Å². The molecule has 0 bridgehead atoms. The van der Waals surface area contributed by atoms with E-state index in [2.05, 4.69) is 5.32 Å². The summed E-state index contributed by atoms with van der Waals surface area (Å²) in [5.41, 5.74) is 0.594. The lowest BCUT2D eigenvalue weighted by Gasteiger charge is -2.22. The van der Waals surface area contributed by atoms with Gasteiger partial charge in [0.1, 0.15) is 11.6 Å². The summed E-state index contributed by atoms with van der Waals surface area (Å²) < 4.78 is 13.1. The Kier molecular flexibility index (Phi) is 5.34. The molecule has 0 unspecified atom stereocenters. The third kappa shape index (κ3) is 4.59. The molecule has 2 rings (SSSR count). The largest absolute Gasteiger partial charge is 0.317 e. The van der Waals surface area contributed by atoms with Crippen LogP contribution in [0.1, 0.15) is 31.2 Å². The molecule has 1 aliphatic heterocycles. The number of Topliss-reactive ketones (excluding diaryl/α,β-unsaturated/α-hetero) is 1.